The zero-order valence-corrected chi connectivity index (χ0v) is 17.2. The second-order valence-corrected chi connectivity index (χ2v) is 8.84. The van der Waals surface area contributed by atoms with Crippen LogP contribution in [-0.4, -0.2) is 56.3 Å². The normalized spacial score (nSPS) is 15.6. The van der Waals surface area contributed by atoms with Crippen LogP contribution in [0.5, 0.6) is 5.75 Å². The molecule has 1 aliphatic rings. The van der Waals surface area contributed by atoms with Crippen molar-refractivity contribution in [2.24, 2.45) is 0 Å². The zero-order chi connectivity index (χ0) is 21.2. The summed E-state index contributed by atoms with van der Waals surface area (Å²) in [6.07, 6.45) is 0. The number of alkyl halides is 2. The lowest BCUT2D eigenvalue weighted by atomic mass is 10.2. The summed E-state index contributed by atoms with van der Waals surface area (Å²) >= 11 is 12.0. The SMILES string of the molecule is O=C(c1ccc(OC(F)F)cc1)N1CCN(S(=O)(=O)c2cccc(Cl)c2Cl)CC1. The van der Waals surface area contributed by atoms with Crippen LogP contribution in [0, 0.1) is 0 Å². The number of benzene rings is 2. The van der Waals surface area contributed by atoms with E-state index >= 15 is 0 Å². The van der Waals surface area contributed by atoms with Crippen molar-refractivity contribution in [2.75, 3.05) is 26.2 Å². The second kappa shape index (κ2) is 8.83. The summed E-state index contributed by atoms with van der Waals surface area (Å²) in [5.41, 5.74) is 0.292. The maximum absolute atomic E-state index is 12.8. The minimum atomic E-state index is -3.85. The van der Waals surface area contributed by atoms with Crippen molar-refractivity contribution in [1.29, 1.82) is 0 Å². The third-order valence-electron chi connectivity index (χ3n) is 4.39. The molecule has 0 unspecified atom stereocenters. The first kappa shape index (κ1) is 21.8. The summed E-state index contributed by atoms with van der Waals surface area (Å²) in [7, 11) is -3.85. The van der Waals surface area contributed by atoms with Gasteiger partial charge in [-0.15, -0.1) is 0 Å². The number of ether oxygens (including phenoxy) is 1. The monoisotopic (exact) mass is 464 g/mol. The van der Waals surface area contributed by atoms with Crippen molar-refractivity contribution in [3.8, 4) is 5.75 Å². The maximum atomic E-state index is 12.8. The Morgan fingerprint density at radius 1 is 1.00 bits per heavy atom. The van der Waals surface area contributed by atoms with Crippen molar-refractivity contribution in [2.45, 2.75) is 11.5 Å². The molecule has 29 heavy (non-hydrogen) atoms. The first-order valence-corrected chi connectivity index (χ1v) is 10.7. The van der Waals surface area contributed by atoms with Gasteiger partial charge in [-0.05, 0) is 36.4 Å². The molecule has 0 radical (unpaired) electrons. The van der Waals surface area contributed by atoms with Crippen LogP contribution in [0.4, 0.5) is 8.78 Å². The van der Waals surface area contributed by atoms with Gasteiger partial charge in [0, 0.05) is 31.7 Å². The van der Waals surface area contributed by atoms with E-state index in [2.05, 4.69) is 4.74 Å². The van der Waals surface area contributed by atoms with Crippen molar-refractivity contribution < 1.29 is 26.7 Å². The Morgan fingerprint density at radius 3 is 2.21 bits per heavy atom. The molecule has 0 saturated carbocycles. The van der Waals surface area contributed by atoms with Gasteiger partial charge in [0.25, 0.3) is 5.91 Å². The Labute approximate surface area is 176 Å². The first-order valence-electron chi connectivity index (χ1n) is 8.48. The lowest BCUT2D eigenvalue weighted by Crippen LogP contribution is -2.50. The molecule has 1 aliphatic heterocycles. The minimum Gasteiger partial charge on any atom is -0.435 e. The van der Waals surface area contributed by atoms with E-state index in [4.69, 9.17) is 23.2 Å². The van der Waals surface area contributed by atoms with E-state index in [1.165, 1.54) is 51.7 Å². The zero-order valence-electron chi connectivity index (χ0n) is 14.9. The topological polar surface area (TPSA) is 66.9 Å². The predicted molar refractivity (Wildman–Crippen MR) is 104 cm³/mol. The Bertz CT molecular complexity index is 995. The quantitative estimate of drug-likeness (QED) is 0.675. The fourth-order valence-electron chi connectivity index (χ4n) is 2.92. The molecule has 156 valence electrons. The lowest BCUT2D eigenvalue weighted by molar-refractivity contribution is -0.0498. The van der Waals surface area contributed by atoms with Gasteiger partial charge < -0.3 is 9.64 Å². The standard InChI is InChI=1S/C18H16Cl2F2N2O4S/c19-14-2-1-3-15(16(14)20)29(26,27)24-10-8-23(9-11-24)17(25)12-4-6-13(7-5-12)28-18(21)22/h1-7,18H,8-11H2. The average Bonchev–Trinajstić information content (AvgIpc) is 2.69. The van der Waals surface area contributed by atoms with Crippen molar-refractivity contribution in [3.05, 3.63) is 58.1 Å². The van der Waals surface area contributed by atoms with Gasteiger partial charge in [-0.2, -0.15) is 13.1 Å². The van der Waals surface area contributed by atoms with Crippen LogP contribution < -0.4 is 4.74 Å². The Hall–Kier alpha value is -1.94. The highest BCUT2D eigenvalue weighted by Crippen LogP contribution is 2.31. The van der Waals surface area contributed by atoms with Crippen molar-refractivity contribution in [1.82, 2.24) is 9.21 Å². The van der Waals surface area contributed by atoms with Gasteiger partial charge in [-0.25, -0.2) is 8.42 Å². The molecule has 0 aliphatic carbocycles. The van der Waals surface area contributed by atoms with Gasteiger partial charge in [-0.1, -0.05) is 29.3 Å². The Morgan fingerprint density at radius 2 is 1.62 bits per heavy atom. The van der Waals surface area contributed by atoms with Crippen LogP contribution in [0.15, 0.2) is 47.4 Å². The van der Waals surface area contributed by atoms with Gasteiger partial charge in [0.15, 0.2) is 0 Å². The molecule has 0 atom stereocenters. The van der Waals surface area contributed by atoms with Crippen LogP contribution in [-0.2, 0) is 10.0 Å². The molecule has 6 nitrogen and oxygen atoms in total. The lowest BCUT2D eigenvalue weighted by Gasteiger charge is -2.34. The number of carbonyl (C=O) groups is 1. The molecule has 1 amide bonds. The van der Waals surface area contributed by atoms with Crippen molar-refractivity contribution in [3.63, 3.8) is 0 Å². The molecule has 1 saturated heterocycles. The van der Waals surface area contributed by atoms with E-state index in [1.54, 1.807) is 0 Å². The average molecular weight is 465 g/mol. The molecular formula is C18H16Cl2F2N2O4S. The number of amides is 1. The fourth-order valence-corrected chi connectivity index (χ4v) is 5.07. The fraction of sp³-hybridized carbons (Fsp3) is 0.278. The number of halogens is 4. The highest BCUT2D eigenvalue weighted by Gasteiger charge is 2.32. The summed E-state index contributed by atoms with van der Waals surface area (Å²) < 4.78 is 55.6. The molecule has 0 N–H and O–H groups in total. The summed E-state index contributed by atoms with van der Waals surface area (Å²) in [5, 5.41) is 0.0969. The van der Waals surface area contributed by atoms with Crippen molar-refractivity contribution >= 4 is 39.1 Å². The summed E-state index contributed by atoms with van der Waals surface area (Å²) in [6, 6.07) is 9.70. The number of piperazine rings is 1. The smallest absolute Gasteiger partial charge is 0.387 e. The third-order valence-corrected chi connectivity index (χ3v) is 7.26. The molecule has 1 fully saturated rings. The van der Waals surface area contributed by atoms with Gasteiger partial charge in [0.1, 0.15) is 10.6 Å². The number of carbonyl (C=O) groups excluding carboxylic acids is 1. The van der Waals surface area contributed by atoms with E-state index in [1.807, 2.05) is 0 Å². The van der Waals surface area contributed by atoms with Gasteiger partial charge in [0.05, 0.1) is 10.0 Å². The molecule has 0 aromatic heterocycles. The molecule has 0 spiro atoms. The third kappa shape index (κ3) is 4.80. The maximum Gasteiger partial charge on any atom is 0.387 e. The van der Waals surface area contributed by atoms with Crippen LogP contribution in [0.3, 0.4) is 0 Å². The highest BCUT2D eigenvalue weighted by molar-refractivity contribution is 7.89. The second-order valence-electron chi connectivity index (χ2n) is 6.15. The molecule has 0 bridgehead atoms. The number of hydrogen-bond acceptors (Lipinski definition) is 4. The van der Waals surface area contributed by atoms with Gasteiger partial charge in [0.2, 0.25) is 10.0 Å². The van der Waals surface area contributed by atoms with Gasteiger partial charge >= 0.3 is 6.61 Å². The van der Waals surface area contributed by atoms with Crippen LogP contribution >= 0.6 is 23.2 Å². The van der Waals surface area contributed by atoms with E-state index in [9.17, 15) is 22.0 Å². The molecule has 2 aromatic rings. The summed E-state index contributed by atoms with van der Waals surface area (Å²) in [5.74, 6) is -0.378. The molecule has 1 heterocycles. The highest BCUT2D eigenvalue weighted by atomic mass is 35.5. The number of nitrogens with zero attached hydrogens (tertiary/aromatic N) is 2. The first-order chi connectivity index (χ1) is 13.7. The van der Waals surface area contributed by atoms with E-state index in [0.717, 1.165) is 0 Å². The largest absolute Gasteiger partial charge is 0.435 e. The molecule has 11 heteroatoms. The van der Waals surface area contributed by atoms with Gasteiger partial charge in [-0.3, -0.25) is 4.79 Å². The predicted octanol–water partition coefficient (Wildman–Crippen LogP) is 3.74. The van der Waals surface area contributed by atoms with E-state index in [0.29, 0.717) is 5.56 Å². The Kier molecular flexibility index (Phi) is 6.62. The molecule has 3 rings (SSSR count). The van der Waals surface area contributed by atoms with Crippen LogP contribution in [0.1, 0.15) is 10.4 Å². The molecular weight excluding hydrogens is 449 g/mol. The summed E-state index contributed by atoms with van der Waals surface area (Å²) in [6.45, 7) is -2.43. The molecule has 2 aromatic carbocycles. The number of rotatable bonds is 5. The number of sulfonamides is 1. The van der Waals surface area contributed by atoms with E-state index in [-0.39, 0.29) is 52.8 Å². The van der Waals surface area contributed by atoms with E-state index < -0.39 is 16.6 Å². The Balaban J connectivity index is 1.67. The van der Waals surface area contributed by atoms with Crippen LogP contribution in [0.2, 0.25) is 10.0 Å². The minimum absolute atomic E-state index is 0.0428. The summed E-state index contributed by atoms with van der Waals surface area (Å²) in [4.78, 5) is 14.0. The number of hydrogen-bond donors (Lipinski definition) is 0. The van der Waals surface area contributed by atoms with Crippen LogP contribution in [0.25, 0.3) is 0 Å².